The molecule has 4 rings (SSSR count). The van der Waals surface area contributed by atoms with Crippen LogP contribution in [0.3, 0.4) is 0 Å². The Morgan fingerprint density at radius 2 is 1.75 bits per heavy atom. The molecule has 0 saturated carbocycles. The van der Waals surface area contributed by atoms with Crippen LogP contribution in [0.25, 0.3) is 0 Å². The highest BCUT2D eigenvalue weighted by Gasteiger charge is 2.33. The number of nitrogens with zero attached hydrogens (tertiary/aromatic N) is 2. The van der Waals surface area contributed by atoms with E-state index in [4.69, 9.17) is 0 Å². The average Bonchev–Trinajstić information content (AvgIpc) is 2.73. The number of hydrogen-bond acceptors (Lipinski definition) is 2. The Morgan fingerprint density at radius 3 is 2.62 bits per heavy atom. The summed E-state index contributed by atoms with van der Waals surface area (Å²) in [5.41, 5.74) is 7.95. The lowest BCUT2D eigenvalue weighted by Gasteiger charge is -2.41. The molecule has 0 unspecified atom stereocenters. The number of anilines is 2. The van der Waals surface area contributed by atoms with Crippen molar-refractivity contribution in [3.8, 4) is 0 Å². The Kier molecular flexibility index (Phi) is 1.63. The van der Waals surface area contributed by atoms with Gasteiger partial charge in [0.2, 0.25) is 0 Å². The maximum Gasteiger partial charge on any atom is 0.0643 e. The summed E-state index contributed by atoms with van der Waals surface area (Å²) in [5, 5.41) is 0. The minimum atomic E-state index is 1.24. The van der Waals surface area contributed by atoms with E-state index >= 15 is 0 Å². The first-order chi connectivity index (χ1) is 7.84. The van der Waals surface area contributed by atoms with Crippen LogP contribution in [-0.2, 0) is 12.8 Å². The van der Waals surface area contributed by atoms with Gasteiger partial charge in [-0.2, -0.15) is 0 Å². The normalized spacial score (nSPS) is 21.3. The van der Waals surface area contributed by atoms with Crippen molar-refractivity contribution < 1.29 is 0 Å². The molecule has 0 spiro atoms. The summed E-state index contributed by atoms with van der Waals surface area (Å²) in [4.78, 5) is 5.24. The topological polar surface area (TPSA) is 6.48 Å². The lowest BCUT2D eigenvalue weighted by atomic mass is 9.93. The largest absolute Gasteiger partial charge is 0.368 e. The fourth-order valence-electron chi connectivity index (χ4n) is 3.72. The van der Waals surface area contributed by atoms with Gasteiger partial charge < -0.3 is 9.80 Å². The van der Waals surface area contributed by atoms with Crippen LogP contribution in [0.15, 0.2) is 6.07 Å². The highest BCUT2D eigenvalue weighted by molar-refractivity contribution is 5.83. The van der Waals surface area contributed by atoms with Crippen LogP contribution in [0.5, 0.6) is 0 Å². The van der Waals surface area contributed by atoms with Crippen molar-refractivity contribution >= 4 is 11.4 Å². The second-order valence-corrected chi connectivity index (χ2v) is 5.36. The molecule has 0 saturated heterocycles. The molecular formula is C14H18N2. The van der Waals surface area contributed by atoms with Gasteiger partial charge in [0.05, 0.1) is 11.4 Å². The molecule has 0 bridgehead atoms. The molecule has 0 N–H and O–H groups in total. The minimum absolute atomic E-state index is 1.24. The third-order valence-electron chi connectivity index (χ3n) is 4.46. The number of aryl methyl sites for hydroxylation is 2. The first-order valence-electron chi connectivity index (χ1n) is 6.50. The van der Waals surface area contributed by atoms with Gasteiger partial charge in [0, 0.05) is 26.2 Å². The monoisotopic (exact) mass is 214 g/mol. The van der Waals surface area contributed by atoms with E-state index in [1.165, 1.54) is 51.0 Å². The lowest BCUT2D eigenvalue weighted by molar-refractivity contribution is 0.656. The maximum atomic E-state index is 2.62. The SMILES string of the molecule is Cc1cc2c3c4c1CCN4CCN3CCC2. The van der Waals surface area contributed by atoms with E-state index in [-0.39, 0.29) is 0 Å². The van der Waals surface area contributed by atoms with Gasteiger partial charge in [-0.3, -0.25) is 0 Å². The number of rotatable bonds is 0. The van der Waals surface area contributed by atoms with Gasteiger partial charge in [-0.15, -0.1) is 0 Å². The quantitative estimate of drug-likeness (QED) is 0.652. The molecule has 2 nitrogen and oxygen atoms in total. The van der Waals surface area contributed by atoms with E-state index in [0.717, 1.165) is 0 Å². The highest BCUT2D eigenvalue weighted by atomic mass is 15.3. The third kappa shape index (κ3) is 0.977. The summed E-state index contributed by atoms with van der Waals surface area (Å²) in [6, 6.07) is 2.45. The summed E-state index contributed by atoms with van der Waals surface area (Å²) in [5.74, 6) is 0. The maximum absolute atomic E-state index is 2.62. The Labute approximate surface area is 96.9 Å². The molecule has 0 fully saturated rings. The average molecular weight is 214 g/mol. The van der Waals surface area contributed by atoms with Gasteiger partial charge in [-0.1, -0.05) is 6.07 Å². The third-order valence-corrected chi connectivity index (χ3v) is 4.46. The smallest absolute Gasteiger partial charge is 0.0643 e. The van der Waals surface area contributed by atoms with E-state index in [1.807, 2.05) is 0 Å². The Hall–Kier alpha value is -1.18. The zero-order chi connectivity index (χ0) is 10.7. The molecule has 0 atom stereocenters. The molecule has 0 amide bonds. The predicted octanol–water partition coefficient (Wildman–Crippen LogP) is 2.12. The molecule has 0 aromatic heterocycles. The Balaban J connectivity index is 2.04. The van der Waals surface area contributed by atoms with E-state index in [0.29, 0.717) is 0 Å². The number of benzene rings is 1. The van der Waals surface area contributed by atoms with Crippen molar-refractivity contribution in [3.05, 3.63) is 22.8 Å². The number of hydrogen-bond donors (Lipinski definition) is 0. The van der Waals surface area contributed by atoms with E-state index in [2.05, 4.69) is 22.8 Å². The van der Waals surface area contributed by atoms with Crippen LogP contribution >= 0.6 is 0 Å². The van der Waals surface area contributed by atoms with E-state index in [1.54, 1.807) is 22.5 Å². The standard InChI is InChI=1S/C14H18N2/c1-10-9-11-3-2-5-15-7-8-16-6-4-12(10)14(16)13(11)15/h9H,2-8H2,1H3. The van der Waals surface area contributed by atoms with Gasteiger partial charge in [-0.05, 0) is 42.9 Å². The summed E-state index contributed by atoms with van der Waals surface area (Å²) in [6.45, 7) is 7.30. The fraction of sp³-hybridized carbons (Fsp3) is 0.571. The summed E-state index contributed by atoms with van der Waals surface area (Å²) in [7, 11) is 0. The molecule has 0 aliphatic carbocycles. The molecule has 1 aromatic carbocycles. The molecule has 3 aliphatic rings. The van der Waals surface area contributed by atoms with Crippen LogP contribution < -0.4 is 9.80 Å². The lowest BCUT2D eigenvalue weighted by Crippen LogP contribution is -2.42. The molecule has 3 aliphatic heterocycles. The second-order valence-electron chi connectivity index (χ2n) is 5.36. The first-order valence-corrected chi connectivity index (χ1v) is 6.50. The Morgan fingerprint density at radius 1 is 0.938 bits per heavy atom. The van der Waals surface area contributed by atoms with Crippen LogP contribution in [-0.4, -0.2) is 26.2 Å². The molecule has 0 radical (unpaired) electrons. The van der Waals surface area contributed by atoms with Crippen molar-refractivity contribution in [3.63, 3.8) is 0 Å². The zero-order valence-electron chi connectivity index (χ0n) is 9.92. The van der Waals surface area contributed by atoms with Gasteiger partial charge in [-0.25, -0.2) is 0 Å². The van der Waals surface area contributed by atoms with Crippen molar-refractivity contribution in [2.24, 2.45) is 0 Å². The first kappa shape index (κ1) is 8.91. The van der Waals surface area contributed by atoms with Gasteiger partial charge in [0.25, 0.3) is 0 Å². The van der Waals surface area contributed by atoms with Gasteiger partial charge >= 0.3 is 0 Å². The van der Waals surface area contributed by atoms with Crippen molar-refractivity contribution in [1.29, 1.82) is 0 Å². The van der Waals surface area contributed by atoms with E-state index in [9.17, 15) is 0 Å². The van der Waals surface area contributed by atoms with Crippen LogP contribution in [0.4, 0.5) is 11.4 Å². The van der Waals surface area contributed by atoms with Crippen LogP contribution in [0.2, 0.25) is 0 Å². The zero-order valence-corrected chi connectivity index (χ0v) is 9.92. The fourth-order valence-corrected chi connectivity index (χ4v) is 3.72. The van der Waals surface area contributed by atoms with Crippen molar-refractivity contribution in [2.75, 3.05) is 36.0 Å². The summed E-state index contributed by atoms with van der Waals surface area (Å²) >= 11 is 0. The molecule has 3 heterocycles. The molecular weight excluding hydrogens is 196 g/mol. The van der Waals surface area contributed by atoms with Gasteiger partial charge in [0.1, 0.15) is 0 Å². The minimum Gasteiger partial charge on any atom is -0.368 e. The highest BCUT2D eigenvalue weighted by Crippen LogP contribution is 2.46. The van der Waals surface area contributed by atoms with Crippen molar-refractivity contribution in [1.82, 2.24) is 0 Å². The van der Waals surface area contributed by atoms with Crippen molar-refractivity contribution in [2.45, 2.75) is 26.2 Å². The summed E-state index contributed by atoms with van der Waals surface area (Å²) < 4.78 is 0. The molecule has 84 valence electrons. The molecule has 16 heavy (non-hydrogen) atoms. The van der Waals surface area contributed by atoms with E-state index < -0.39 is 0 Å². The Bertz CT molecular complexity index is 464. The van der Waals surface area contributed by atoms with Crippen LogP contribution in [0, 0.1) is 6.92 Å². The molecule has 1 aromatic rings. The van der Waals surface area contributed by atoms with Crippen LogP contribution in [0.1, 0.15) is 23.1 Å². The second kappa shape index (κ2) is 2.93. The predicted molar refractivity (Wildman–Crippen MR) is 67.6 cm³/mol. The molecule has 2 heteroatoms. The summed E-state index contributed by atoms with van der Waals surface area (Å²) in [6.07, 6.45) is 3.89. The van der Waals surface area contributed by atoms with Gasteiger partial charge in [0.15, 0.2) is 0 Å².